The van der Waals surface area contributed by atoms with Gasteiger partial charge in [0.15, 0.2) is 5.82 Å². The van der Waals surface area contributed by atoms with E-state index < -0.39 is 0 Å². The van der Waals surface area contributed by atoms with Crippen molar-refractivity contribution in [3.05, 3.63) is 35.5 Å². The average Bonchev–Trinajstić information content (AvgIpc) is 2.41. The predicted molar refractivity (Wildman–Crippen MR) is 77.4 cm³/mol. The van der Waals surface area contributed by atoms with Gasteiger partial charge in [-0.2, -0.15) is 0 Å². The van der Waals surface area contributed by atoms with Crippen molar-refractivity contribution in [1.82, 2.24) is 9.97 Å². The number of benzene rings is 1. The summed E-state index contributed by atoms with van der Waals surface area (Å²) in [6.07, 6.45) is 1.05. The van der Waals surface area contributed by atoms with Gasteiger partial charge >= 0.3 is 0 Å². The third-order valence-corrected chi connectivity index (χ3v) is 3.06. The van der Waals surface area contributed by atoms with Crippen molar-refractivity contribution < 1.29 is 5.11 Å². The van der Waals surface area contributed by atoms with Gasteiger partial charge in [-0.05, 0) is 44.5 Å². The fourth-order valence-corrected chi connectivity index (χ4v) is 1.78. The summed E-state index contributed by atoms with van der Waals surface area (Å²) in [4.78, 5) is 9.08. The van der Waals surface area contributed by atoms with Crippen molar-refractivity contribution >= 4 is 5.82 Å². The van der Waals surface area contributed by atoms with Crippen LogP contribution in [-0.4, -0.2) is 21.6 Å². The summed E-state index contributed by atoms with van der Waals surface area (Å²) in [5, 5.41) is 12.6. The Hall–Kier alpha value is -2.10. The molecular weight excluding hydrogens is 238 g/mol. The average molecular weight is 257 g/mol. The standard InChI is InChI=1S/C15H19N3O/c1-4-9-16-14-10(2)11(3)17-15(18-14)12-5-7-13(19)8-6-12/h5-8,19H,4,9H2,1-3H3,(H,16,17,18). The van der Waals surface area contributed by atoms with E-state index in [-0.39, 0.29) is 5.75 Å². The Labute approximate surface area is 113 Å². The molecule has 1 aromatic carbocycles. The van der Waals surface area contributed by atoms with E-state index in [1.807, 2.05) is 26.0 Å². The summed E-state index contributed by atoms with van der Waals surface area (Å²) in [5.74, 6) is 1.82. The molecule has 0 aliphatic rings. The molecule has 4 heteroatoms. The van der Waals surface area contributed by atoms with Gasteiger partial charge in [0.25, 0.3) is 0 Å². The lowest BCUT2D eigenvalue weighted by molar-refractivity contribution is 0.475. The van der Waals surface area contributed by atoms with Crippen molar-refractivity contribution in [2.24, 2.45) is 0 Å². The molecule has 1 aromatic heterocycles. The molecule has 0 unspecified atom stereocenters. The minimum atomic E-state index is 0.247. The van der Waals surface area contributed by atoms with Gasteiger partial charge in [-0.25, -0.2) is 9.97 Å². The molecule has 4 nitrogen and oxygen atoms in total. The first kappa shape index (κ1) is 13.3. The fourth-order valence-electron chi connectivity index (χ4n) is 1.78. The van der Waals surface area contributed by atoms with Gasteiger partial charge in [0.1, 0.15) is 11.6 Å². The molecule has 0 amide bonds. The Morgan fingerprint density at radius 2 is 1.79 bits per heavy atom. The smallest absolute Gasteiger partial charge is 0.161 e. The highest BCUT2D eigenvalue weighted by atomic mass is 16.3. The number of nitrogens with one attached hydrogen (secondary N) is 1. The number of hydrogen-bond acceptors (Lipinski definition) is 4. The van der Waals surface area contributed by atoms with Crippen LogP contribution < -0.4 is 5.32 Å². The number of anilines is 1. The summed E-state index contributed by atoms with van der Waals surface area (Å²) in [6.45, 7) is 7.02. The predicted octanol–water partition coefficient (Wildman–Crippen LogP) is 3.29. The zero-order valence-electron chi connectivity index (χ0n) is 11.6. The molecule has 0 saturated carbocycles. The number of hydrogen-bond donors (Lipinski definition) is 2. The largest absolute Gasteiger partial charge is 0.508 e. The van der Waals surface area contributed by atoms with Crippen molar-refractivity contribution in [2.75, 3.05) is 11.9 Å². The maximum absolute atomic E-state index is 9.32. The van der Waals surface area contributed by atoms with Gasteiger partial charge in [0.05, 0.1) is 0 Å². The van der Waals surface area contributed by atoms with Gasteiger partial charge in [-0.1, -0.05) is 6.92 Å². The number of aromatic hydroxyl groups is 1. The minimum absolute atomic E-state index is 0.247. The van der Waals surface area contributed by atoms with Gasteiger partial charge < -0.3 is 10.4 Å². The SMILES string of the molecule is CCCNc1nc(-c2ccc(O)cc2)nc(C)c1C. The van der Waals surface area contributed by atoms with Crippen LogP contribution in [-0.2, 0) is 0 Å². The summed E-state index contributed by atoms with van der Waals surface area (Å²) in [6, 6.07) is 6.94. The number of rotatable bonds is 4. The molecule has 1 heterocycles. The maximum Gasteiger partial charge on any atom is 0.161 e. The van der Waals surface area contributed by atoms with Gasteiger partial charge in [-0.15, -0.1) is 0 Å². The lowest BCUT2D eigenvalue weighted by Crippen LogP contribution is -2.07. The molecule has 0 bridgehead atoms. The third-order valence-electron chi connectivity index (χ3n) is 3.06. The van der Waals surface area contributed by atoms with E-state index in [0.717, 1.165) is 35.6 Å². The first-order chi connectivity index (χ1) is 9.11. The molecular formula is C15H19N3O. The Balaban J connectivity index is 2.40. The van der Waals surface area contributed by atoms with Gasteiger partial charge in [0, 0.05) is 23.4 Å². The third kappa shape index (κ3) is 3.02. The second-order valence-electron chi connectivity index (χ2n) is 4.58. The first-order valence-corrected chi connectivity index (χ1v) is 6.50. The van der Waals surface area contributed by atoms with Crippen LogP contribution in [0.1, 0.15) is 24.6 Å². The highest BCUT2D eigenvalue weighted by Gasteiger charge is 2.09. The van der Waals surface area contributed by atoms with Crippen LogP contribution >= 0.6 is 0 Å². The molecule has 0 fully saturated rings. The van der Waals surface area contributed by atoms with Gasteiger partial charge in [0.2, 0.25) is 0 Å². The molecule has 2 rings (SSSR count). The lowest BCUT2D eigenvalue weighted by Gasteiger charge is -2.11. The topological polar surface area (TPSA) is 58.0 Å². The second-order valence-corrected chi connectivity index (χ2v) is 4.58. The quantitative estimate of drug-likeness (QED) is 0.882. The van der Waals surface area contributed by atoms with Crippen molar-refractivity contribution in [3.63, 3.8) is 0 Å². The Morgan fingerprint density at radius 3 is 2.42 bits per heavy atom. The molecule has 0 saturated heterocycles. The Morgan fingerprint density at radius 1 is 1.11 bits per heavy atom. The second kappa shape index (κ2) is 5.69. The molecule has 0 radical (unpaired) electrons. The first-order valence-electron chi connectivity index (χ1n) is 6.50. The minimum Gasteiger partial charge on any atom is -0.508 e. The molecule has 0 atom stereocenters. The van der Waals surface area contributed by atoms with E-state index in [0.29, 0.717) is 5.82 Å². The zero-order valence-corrected chi connectivity index (χ0v) is 11.6. The summed E-state index contributed by atoms with van der Waals surface area (Å²) >= 11 is 0. The monoisotopic (exact) mass is 257 g/mol. The van der Waals surface area contributed by atoms with Crippen LogP contribution in [0.15, 0.2) is 24.3 Å². The van der Waals surface area contributed by atoms with E-state index in [1.165, 1.54) is 0 Å². The van der Waals surface area contributed by atoms with Crippen LogP contribution in [0.4, 0.5) is 5.82 Å². The van der Waals surface area contributed by atoms with Crippen molar-refractivity contribution in [1.29, 1.82) is 0 Å². The van der Waals surface area contributed by atoms with Crippen LogP contribution in [0.25, 0.3) is 11.4 Å². The molecule has 0 aliphatic carbocycles. The molecule has 0 spiro atoms. The number of aryl methyl sites for hydroxylation is 1. The van der Waals surface area contributed by atoms with E-state index in [1.54, 1.807) is 12.1 Å². The molecule has 19 heavy (non-hydrogen) atoms. The fraction of sp³-hybridized carbons (Fsp3) is 0.333. The Kier molecular flexibility index (Phi) is 4.00. The van der Waals surface area contributed by atoms with Crippen LogP contribution in [0.2, 0.25) is 0 Å². The summed E-state index contributed by atoms with van der Waals surface area (Å²) in [7, 11) is 0. The van der Waals surface area contributed by atoms with Crippen LogP contribution in [0.3, 0.4) is 0 Å². The van der Waals surface area contributed by atoms with Crippen molar-refractivity contribution in [2.45, 2.75) is 27.2 Å². The number of phenols is 1. The molecule has 2 N–H and O–H groups in total. The zero-order chi connectivity index (χ0) is 13.8. The lowest BCUT2D eigenvalue weighted by atomic mass is 10.1. The van der Waals surface area contributed by atoms with Crippen LogP contribution in [0.5, 0.6) is 5.75 Å². The van der Waals surface area contributed by atoms with E-state index in [4.69, 9.17) is 0 Å². The highest BCUT2D eigenvalue weighted by Crippen LogP contribution is 2.23. The Bertz CT molecular complexity index is 564. The van der Waals surface area contributed by atoms with Crippen LogP contribution in [0, 0.1) is 13.8 Å². The maximum atomic E-state index is 9.32. The summed E-state index contributed by atoms with van der Waals surface area (Å²) in [5.41, 5.74) is 2.95. The van der Waals surface area contributed by atoms with E-state index in [9.17, 15) is 5.11 Å². The van der Waals surface area contributed by atoms with Gasteiger partial charge in [-0.3, -0.25) is 0 Å². The number of phenolic OH excluding ortho intramolecular Hbond substituents is 1. The van der Waals surface area contributed by atoms with E-state index >= 15 is 0 Å². The van der Waals surface area contributed by atoms with Crippen molar-refractivity contribution in [3.8, 4) is 17.1 Å². The summed E-state index contributed by atoms with van der Waals surface area (Å²) < 4.78 is 0. The number of nitrogens with zero attached hydrogens (tertiary/aromatic N) is 2. The normalized spacial score (nSPS) is 10.5. The van der Waals surface area contributed by atoms with E-state index in [2.05, 4.69) is 22.2 Å². The molecule has 2 aromatic rings. The molecule has 0 aliphatic heterocycles. The highest BCUT2D eigenvalue weighted by molar-refractivity contribution is 5.60. The molecule has 100 valence electrons. The number of aromatic nitrogens is 2.